The van der Waals surface area contributed by atoms with Crippen LogP contribution in [0.5, 0.6) is 5.75 Å². The van der Waals surface area contributed by atoms with E-state index < -0.39 is 42.0 Å². The van der Waals surface area contributed by atoms with Gasteiger partial charge in [0.25, 0.3) is 5.56 Å². The van der Waals surface area contributed by atoms with Crippen LogP contribution in [0.25, 0.3) is 0 Å². The van der Waals surface area contributed by atoms with Crippen molar-refractivity contribution in [2.24, 2.45) is 18.9 Å². The Hall–Kier alpha value is -1.97. The Morgan fingerprint density at radius 2 is 1.77 bits per heavy atom. The first-order valence-corrected chi connectivity index (χ1v) is 12.5. The molecule has 2 heterocycles. The van der Waals surface area contributed by atoms with E-state index in [9.17, 15) is 30.3 Å². The monoisotopic (exact) mass is 491 g/mol. The van der Waals surface area contributed by atoms with Crippen molar-refractivity contribution >= 4 is 0 Å². The molecule has 2 aliphatic rings. The second kappa shape index (κ2) is 11.0. The molecule has 1 aromatic rings. The minimum Gasteiger partial charge on any atom is -0.507 e. The Morgan fingerprint density at radius 3 is 2.34 bits per heavy atom. The summed E-state index contributed by atoms with van der Waals surface area (Å²) in [5.41, 5.74) is 1.75. The number of aliphatic hydroxyl groups excluding tert-OH is 4. The largest absolute Gasteiger partial charge is 0.507 e. The molecule has 0 bridgehead atoms. The lowest BCUT2D eigenvalue weighted by Gasteiger charge is -2.32. The van der Waals surface area contributed by atoms with Gasteiger partial charge in [-0.3, -0.25) is 4.79 Å². The van der Waals surface area contributed by atoms with E-state index in [1.807, 2.05) is 19.9 Å². The molecule has 0 saturated heterocycles. The van der Waals surface area contributed by atoms with Crippen molar-refractivity contribution in [2.45, 2.75) is 96.4 Å². The maximum atomic E-state index is 13.1. The fourth-order valence-corrected chi connectivity index (χ4v) is 5.49. The third-order valence-corrected chi connectivity index (χ3v) is 7.68. The van der Waals surface area contributed by atoms with Crippen LogP contribution in [0.1, 0.15) is 77.0 Å². The molecule has 8 nitrogen and oxygen atoms in total. The summed E-state index contributed by atoms with van der Waals surface area (Å²) in [4.78, 5) is 13.1. The van der Waals surface area contributed by atoms with Crippen LogP contribution in [-0.4, -0.2) is 60.6 Å². The van der Waals surface area contributed by atoms with Crippen molar-refractivity contribution in [3.63, 3.8) is 0 Å². The van der Waals surface area contributed by atoms with E-state index in [-0.39, 0.29) is 23.0 Å². The molecule has 1 aliphatic carbocycles. The van der Waals surface area contributed by atoms with Crippen molar-refractivity contribution in [1.82, 2.24) is 4.57 Å². The van der Waals surface area contributed by atoms with Gasteiger partial charge in [-0.05, 0) is 49.7 Å². The zero-order valence-electron chi connectivity index (χ0n) is 21.5. The molecule has 1 fully saturated rings. The highest BCUT2D eigenvalue weighted by atomic mass is 16.5. The quantitative estimate of drug-likeness (QED) is 0.370. The number of aliphatic hydroxyl groups is 4. The summed E-state index contributed by atoms with van der Waals surface area (Å²) in [6.07, 6.45) is 0.890. The lowest BCUT2D eigenvalue weighted by molar-refractivity contribution is -0.0413. The van der Waals surface area contributed by atoms with E-state index in [2.05, 4.69) is 26.8 Å². The summed E-state index contributed by atoms with van der Waals surface area (Å²) < 4.78 is 7.64. The molecule has 5 N–H and O–H groups in total. The first-order chi connectivity index (χ1) is 16.4. The number of ether oxygens (including phenoxy) is 1. The van der Waals surface area contributed by atoms with Crippen molar-refractivity contribution in [3.8, 4) is 5.75 Å². The average Bonchev–Trinajstić information content (AvgIpc) is 2.99. The summed E-state index contributed by atoms with van der Waals surface area (Å²) in [5.74, 6) is -0.563. The Bertz CT molecular complexity index is 1020. The number of hydrogen-bond acceptors (Lipinski definition) is 7. The summed E-state index contributed by atoms with van der Waals surface area (Å²) >= 11 is 0. The van der Waals surface area contributed by atoms with Gasteiger partial charge in [-0.1, -0.05) is 39.3 Å². The van der Waals surface area contributed by atoms with Gasteiger partial charge >= 0.3 is 0 Å². The van der Waals surface area contributed by atoms with Gasteiger partial charge in [-0.2, -0.15) is 0 Å². The fourth-order valence-electron chi connectivity index (χ4n) is 5.49. The van der Waals surface area contributed by atoms with Crippen LogP contribution in [0.3, 0.4) is 0 Å². The third kappa shape index (κ3) is 5.42. The molecule has 196 valence electrons. The maximum absolute atomic E-state index is 13.1. The number of nitrogens with zero attached hydrogens (tertiary/aromatic N) is 1. The smallest absolute Gasteiger partial charge is 0.259 e. The Balaban J connectivity index is 1.96. The van der Waals surface area contributed by atoms with Crippen LogP contribution in [0.4, 0.5) is 0 Å². The van der Waals surface area contributed by atoms with E-state index in [0.717, 1.165) is 24.0 Å². The van der Waals surface area contributed by atoms with E-state index >= 15 is 0 Å². The van der Waals surface area contributed by atoms with Gasteiger partial charge in [0.1, 0.15) is 18.0 Å². The van der Waals surface area contributed by atoms with Crippen LogP contribution in [-0.2, 0) is 11.8 Å². The Labute approximate surface area is 207 Å². The van der Waals surface area contributed by atoms with E-state index in [1.54, 1.807) is 0 Å². The summed E-state index contributed by atoms with van der Waals surface area (Å²) in [6.45, 7) is 10.6. The van der Waals surface area contributed by atoms with Crippen molar-refractivity contribution in [3.05, 3.63) is 51.0 Å². The van der Waals surface area contributed by atoms with Crippen LogP contribution < -0.4 is 5.56 Å². The Kier molecular flexibility index (Phi) is 8.65. The lowest BCUT2D eigenvalue weighted by Crippen LogP contribution is -2.32. The summed E-state index contributed by atoms with van der Waals surface area (Å²) in [7, 11) is 1.51. The minimum absolute atomic E-state index is 0.0366. The Morgan fingerprint density at radius 1 is 1.17 bits per heavy atom. The topological polar surface area (TPSA) is 132 Å². The molecule has 1 saturated carbocycles. The number of aryl methyl sites for hydroxylation is 1. The highest BCUT2D eigenvalue weighted by Gasteiger charge is 2.50. The lowest BCUT2D eigenvalue weighted by atomic mass is 9.89. The molecule has 0 aromatic carbocycles. The SMILES string of the molecule is CC[C@@H](C)C[C@H](C)C=C(C)[C@H]1O[C@@H](c2c(O)c(C3[C@@H](O)[C@H](O)[C@@H](O)[C@H]3O)cn(C)c2=O)CC=C1C. The molecule has 35 heavy (non-hydrogen) atoms. The zero-order chi connectivity index (χ0) is 26.2. The standard InChI is InChI=1S/C27H41NO7/c1-7-13(2)10-14(3)11-16(5)26-15(4)8-9-18(35-26)20-21(29)17(12-28(6)27(20)34)19-22(30)24(32)25(33)23(19)31/h8,11-14,18-19,22-26,29-33H,7,9-10H2,1-6H3/t13-,14+,18-,19?,22-,23+,24+,25+,26+/m1/s1. The number of hydrogen-bond donors (Lipinski definition) is 5. The predicted molar refractivity (Wildman–Crippen MR) is 133 cm³/mol. The summed E-state index contributed by atoms with van der Waals surface area (Å²) in [6, 6.07) is 0. The first-order valence-electron chi connectivity index (χ1n) is 12.5. The van der Waals surface area contributed by atoms with Crippen LogP contribution in [0.2, 0.25) is 0 Å². The molecule has 0 amide bonds. The van der Waals surface area contributed by atoms with Gasteiger partial charge in [0, 0.05) is 24.7 Å². The number of allylic oxidation sites excluding steroid dienone is 1. The second-order valence-corrected chi connectivity index (χ2v) is 10.6. The summed E-state index contributed by atoms with van der Waals surface area (Å²) in [5, 5.41) is 52.1. The number of pyridine rings is 1. The van der Waals surface area contributed by atoms with Gasteiger partial charge in [0.15, 0.2) is 0 Å². The molecule has 8 heteroatoms. The van der Waals surface area contributed by atoms with Crippen LogP contribution in [0.15, 0.2) is 34.3 Å². The molecule has 1 aliphatic heterocycles. The highest BCUT2D eigenvalue weighted by Crippen LogP contribution is 2.43. The fraction of sp³-hybridized carbons (Fsp3) is 0.667. The van der Waals surface area contributed by atoms with Gasteiger partial charge in [0.2, 0.25) is 0 Å². The highest BCUT2D eigenvalue weighted by molar-refractivity contribution is 5.44. The molecular weight excluding hydrogens is 450 g/mol. The molecule has 0 spiro atoms. The van der Waals surface area contributed by atoms with Crippen molar-refractivity contribution in [1.29, 1.82) is 0 Å². The normalized spacial score (nSPS) is 33.5. The molecule has 9 atom stereocenters. The van der Waals surface area contributed by atoms with Crippen molar-refractivity contribution in [2.75, 3.05) is 0 Å². The van der Waals surface area contributed by atoms with Crippen LogP contribution in [0, 0.1) is 11.8 Å². The van der Waals surface area contributed by atoms with E-state index in [4.69, 9.17) is 4.74 Å². The first kappa shape index (κ1) is 27.6. The number of aromatic nitrogens is 1. The molecule has 1 unspecified atom stereocenters. The minimum atomic E-state index is -1.57. The molecule has 1 aromatic heterocycles. The molecule has 0 radical (unpaired) electrons. The van der Waals surface area contributed by atoms with Gasteiger partial charge < -0.3 is 34.8 Å². The van der Waals surface area contributed by atoms with Gasteiger partial charge in [-0.15, -0.1) is 0 Å². The third-order valence-electron chi connectivity index (χ3n) is 7.68. The van der Waals surface area contributed by atoms with Gasteiger partial charge in [-0.25, -0.2) is 0 Å². The predicted octanol–water partition coefficient (Wildman–Crippen LogP) is 2.43. The second-order valence-electron chi connectivity index (χ2n) is 10.6. The number of aromatic hydroxyl groups is 1. The average molecular weight is 492 g/mol. The number of rotatable bonds is 7. The van der Waals surface area contributed by atoms with Crippen LogP contribution >= 0.6 is 0 Å². The van der Waals surface area contributed by atoms with Gasteiger partial charge in [0.05, 0.1) is 30.0 Å². The van der Waals surface area contributed by atoms with E-state index in [1.165, 1.54) is 17.8 Å². The molecular formula is C27H41NO7. The van der Waals surface area contributed by atoms with E-state index in [0.29, 0.717) is 18.3 Å². The van der Waals surface area contributed by atoms with Crippen molar-refractivity contribution < 1.29 is 30.3 Å². The zero-order valence-corrected chi connectivity index (χ0v) is 21.5. The maximum Gasteiger partial charge on any atom is 0.259 e. The molecule has 3 rings (SSSR count).